The van der Waals surface area contributed by atoms with E-state index in [9.17, 15) is 38.7 Å². The number of ether oxygens (including phenoxy) is 4. The summed E-state index contributed by atoms with van der Waals surface area (Å²) in [6.45, 7) is 13.0. The van der Waals surface area contributed by atoms with Gasteiger partial charge in [-0.3, -0.25) is 14.4 Å². The van der Waals surface area contributed by atoms with Crippen LogP contribution in [-0.4, -0.2) is 75.4 Å². The molecule has 4 heterocycles. The number of methoxy groups -OCH3 is 1. The van der Waals surface area contributed by atoms with Gasteiger partial charge in [-0.15, -0.1) is 0 Å². The molecule has 0 bridgehead atoms. The van der Waals surface area contributed by atoms with E-state index in [-0.39, 0.29) is 59.8 Å². The van der Waals surface area contributed by atoms with Crippen LogP contribution in [0.15, 0.2) is 41.2 Å². The molecule has 350 valence electrons. The number of halogens is 1. The average Bonchev–Trinajstić information content (AvgIpc) is 3.63. The Labute approximate surface area is 378 Å². The maximum Gasteiger partial charge on any atom is 0.408 e. The standard InChI is InChI=1S/C47H53FN6O12/c1-10-47(62)29-17-33-37-27(19-54(33)41(57)28(29)20-64-43(47)59)35-31(16-15-26-22(4)30(48)18-32(51-37)34(26)35)52-44(60)65-38(42(58)63-9)24-11-13-25(14-12-24)50-39(55)23(5)49-40(56)36(21(2)3)53-45(61)66-46(6,7)8/h11-14,17-18,21,23,31,36,38,62H,10,15-16,19-20H2,1-9H3,(H,49,56)(H,50,55)(H,52,60)(H,53,61)/t23-,31-,36-,38?,47-/m0/s1. The van der Waals surface area contributed by atoms with E-state index in [1.54, 1.807) is 54.5 Å². The van der Waals surface area contributed by atoms with Crippen LogP contribution in [0.1, 0.15) is 112 Å². The summed E-state index contributed by atoms with van der Waals surface area (Å²) in [5, 5.41) is 22.7. The first-order valence-corrected chi connectivity index (χ1v) is 21.6. The van der Waals surface area contributed by atoms with Crippen molar-refractivity contribution in [2.24, 2.45) is 5.92 Å². The Morgan fingerprint density at radius 2 is 1.70 bits per heavy atom. The zero-order chi connectivity index (χ0) is 48.2. The number of pyridine rings is 2. The van der Waals surface area contributed by atoms with Crippen molar-refractivity contribution in [3.8, 4) is 11.4 Å². The van der Waals surface area contributed by atoms with Crippen LogP contribution in [0.2, 0.25) is 0 Å². The number of hydrogen-bond donors (Lipinski definition) is 5. The molecule has 2 aromatic carbocycles. The minimum atomic E-state index is -2.06. The van der Waals surface area contributed by atoms with Crippen LogP contribution < -0.4 is 26.8 Å². The third-order valence-corrected chi connectivity index (χ3v) is 12.2. The van der Waals surface area contributed by atoms with Crippen molar-refractivity contribution in [1.82, 2.24) is 25.5 Å². The number of benzene rings is 2. The van der Waals surface area contributed by atoms with Crippen LogP contribution in [0, 0.1) is 18.7 Å². The highest BCUT2D eigenvalue weighted by Gasteiger charge is 2.46. The number of alkyl carbamates (subject to hydrolysis) is 2. The van der Waals surface area contributed by atoms with E-state index in [2.05, 4.69) is 21.3 Å². The van der Waals surface area contributed by atoms with Gasteiger partial charge in [-0.2, -0.15) is 0 Å². The van der Waals surface area contributed by atoms with Crippen LogP contribution in [0.3, 0.4) is 0 Å². The molecule has 4 amide bonds. The number of nitrogens with zero attached hydrogens (tertiary/aromatic N) is 2. The van der Waals surface area contributed by atoms with Gasteiger partial charge in [0.25, 0.3) is 5.56 Å². The number of rotatable bonds is 11. The molecule has 0 spiro atoms. The Balaban J connectivity index is 1.10. The number of hydrogen-bond acceptors (Lipinski definition) is 13. The van der Waals surface area contributed by atoms with Gasteiger partial charge in [0.05, 0.1) is 42.2 Å². The Kier molecular flexibility index (Phi) is 12.7. The van der Waals surface area contributed by atoms with E-state index in [4.69, 9.17) is 23.9 Å². The fraction of sp³-hybridized carbons (Fsp3) is 0.447. The van der Waals surface area contributed by atoms with Gasteiger partial charge in [0, 0.05) is 33.8 Å². The Hall–Kier alpha value is -6.89. The highest BCUT2D eigenvalue weighted by Crippen LogP contribution is 2.46. The molecule has 18 nitrogen and oxygen atoms in total. The first kappa shape index (κ1) is 47.1. The number of aliphatic hydroxyl groups is 1. The zero-order valence-electron chi connectivity index (χ0n) is 38.1. The van der Waals surface area contributed by atoms with Crippen LogP contribution in [0.4, 0.5) is 19.7 Å². The van der Waals surface area contributed by atoms with Gasteiger partial charge in [-0.25, -0.2) is 28.6 Å². The Morgan fingerprint density at radius 1 is 1.00 bits per heavy atom. The number of aromatic nitrogens is 2. The first-order chi connectivity index (χ1) is 31.1. The fourth-order valence-corrected chi connectivity index (χ4v) is 8.67. The summed E-state index contributed by atoms with van der Waals surface area (Å²) in [7, 11) is 1.13. The number of fused-ring (bicyclic) bond motifs is 5. The summed E-state index contributed by atoms with van der Waals surface area (Å²) in [5.74, 6) is -3.77. The minimum absolute atomic E-state index is 0.0131. The van der Waals surface area contributed by atoms with Gasteiger partial charge in [-0.1, -0.05) is 32.9 Å². The van der Waals surface area contributed by atoms with Gasteiger partial charge in [0.15, 0.2) is 5.60 Å². The molecule has 5 N–H and O–H groups in total. The summed E-state index contributed by atoms with van der Waals surface area (Å²) in [5.41, 5.74) is 0.535. The molecule has 2 aliphatic heterocycles. The zero-order valence-corrected chi connectivity index (χ0v) is 38.1. The predicted molar refractivity (Wildman–Crippen MR) is 235 cm³/mol. The second-order valence-electron chi connectivity index (χ2n) is 18.1. The molecule has 7 rings (SSSR count). The third kappa shape index (κ3) is 8.78. The van der Waals surface area contributed by atoms with Crippen LogP contribution in [0.25, 0.3) is 22.3 Å². The number of nitrogens with one attached hydrogen (secondary N) is 4. The second-order valence-corrected chi connectivity index (χ2v) is 18.1. The van der Waals surface area contributed by atoms with Gasteiger partial charge < -0.3 is 49.9 Å². The molecule has 0 saturated heterocycles. The smallest absolute Gasteiger partial charge is 0.408 e. The maximum atomic E-state index is 15.4. The van der Waals surface area contributed by atoms with Crippen LogP contribution in [-0.2, 0) is 63.3 Å². The SMILES string of the molecule is CC[C@@]1(O)C(=O)OCc2c1cc1n(c2=O)Cc2c-1nc1cc(F)c(C)c3c1c2[C@@H](NC(=O)OC(C(=O)OC)c1ccc(NC(=O)[C@H](C)NC(=O)[C@@H](NC(=O)OC(C)(C)C)C(C)C)cc1)CC3. The van der Waals surface area contributed by atoms with Crippen molar-refractivity contribution in [2.75, 3.05) is 12.4 Å². The lowest BCUT2D eigenvalue weighted by atomic mass is 9.81. The lowest BCUT2D eigenvalue weighted by molar-refractivity contribution is -0.172. The molecule has 0 radical (unpaired) electrons. The van der Waals surface area contributed by atoms with Crippen molar-refractivity contribution in [2.45, 2.75) is 123 Å². The highest BCUT2D eigenvalue weighted by molar-refractivity contribution is 5.98. The quantitative estimate of drug-likeness (QED) is 0.0852. The summed E-state index contributed by atoms with van der Waals surface area (Å²) >= 11 is 0. The van der Waals surface area contributed by atoms with Crippen LogP contribution in [0.5, 0.6) is 0 Å². The highest BCUT2D eigenvalue weighted by atomic mass is 19.1. The molecule has 2 aromatic heterocycles. The fourth-order valence-electron chi connectivity index (χ4n) is 8.67. The van der Waals surface area contributed by atoms with E-state index < -0.39 is 82.7 Å². The molecule has 0 fully saturated rings. The molecule has 19 heteroatoms. The van der Waals surface area contributed by atoms with E-state index in [0.717, 1.165) is 7.11 Å². The number of anilines is 1. The molecular weight excluding hydrogens is 860 g/mol. The van der Waals surface area contributed by atoms with Crippen molar-refractivity contribution in [3.05, 3.63) is 91.5 Å². The van der Waals surface area contributed by atoms with E-state index >= 15 is 4.39 Å². The topological polar surface area (TPSA) is 243 Å². The number of aryl methyl sites for hydroxylation is 1. The normalized spacial score (nSPS) is 18.4. The van der Waals surface area contributed by atoms with Crippen molar-refractivity contribution in [1.29, 1.82) is 0 Å². The second kappa shape index (κ2) is 17.8. The summed E-state index contributed by atoms with van der Waals surface area (Å²) in [4.78, 5) is 97.2. The maximum absolute atomic E-state index is 15.4. The number of amides is 4. The van der Waals surface area contributed by atoms with Gasteiger partial charge >= 0.3 is 24.1 Å². The number of carbonyl (C=O) groups is 6. The van der Waals surface area contributed by atoms with E-state index in [1.807, 2.05) is 0 Å². The monoisotopic (exact) mass is 912 g/mol. The molecule has 3 aliphatic rings. The van der Waals surface area contributed by atoms with Crippen LogP contribution >= 0.6 is 0 Å². The minimum Gasteiger partial charge on any atom is -0.466 e. The molecule has 4 aromatic rings. The van der Waals surface area contributed by atoms with E-state index in [1.165, 1.54) is 41.8 Å². The molecule has 1 unspecified atom stereocenters. The molecular formula is C47H53FN6O12. The predicted octanol–water partition coefficient (Wildman–Crippen LogP) is 5.15. The largest absolute Gasteiger partial charge is 0.466 e. The average molecular weight is 913 g/mol. The third-order valence-electron chi connectivity index (χ3n) is 12.2. The number of cyclic esters (lactones) is 1. The summed E-state index contributed by atoms with van der Waals surface area (Å²) < 4.78 is 38.1. The van der Waals surface area contributed by atoms with Gasteiger partial charge in [0.1, 0.15) is 30.1 Å². The van der Waals surface area contributed by atoms with Gasteiger partial charge in [-0.05, 0) is 94.7 Å². The van der Waals surface area contributed by atoms with Crippen molar-refractivity contribution in [3.63, 3.8) is 0 Å². The lowest BCUT2D eigenvalue weighted by Gasteiger charge is -2.31. The van der Waals surface area contributed by atoms with Crippen molar-refractivity contribution < 1.29 is 57.2 Å². The van der Waals surface area contributed by atoms with Crippen molar-refractivity contribution >= 4 is 52.5 Å². The Morgan fingerprint density at radius 3 is 2.33 bits per heavy atom. The van der Waals surface area contributed by atoms with Gasteiger partial charge in [0.2, 0.25) is 17.9 Å². The van der Waals surface area contributed by atoms with E-state index in [0.29, 0.717) is 45.4 Å². The Bertz CT molecular complexity index is 2750. The molecule has 1 aliphatic carbocycles. The number of carbonyl (C=O) groups excluding carboxylic acids is 6. The molecule has 0 saturated carbocycles. The lowest BCUT2D eigenvalue weighted by Crippen LogP contribution is -2.54. The summed E-state index contributed by atoms with van der Waals surface area (Å²) in [6, 6.07) is 5.90. The summed E-state index contributed by atoms with van der Waals surface area (Å²) in [6.07, 6.45) is -2.76. The molecule has 5 atom stereocenters. The first-order valence-electron chi connectivity index (χ1n) is 21.6. The molecule has 66 heavy (non-hydrogen) atoms. The number of esters is 2.